The van der Waals surface area contributed by atoms with Crippen molar-refractivity contribution >= 4 is 24.0 Å². The second-order valence-corrected chi connectivity index (χ2v) is 10.7. The van der Waals surface area contributed by atoms with Crippen molar-refractivity contribution in [1.29, 1.82) is 0 Å². The van der Waals surface area contributed by atoms with Gasteiger partial charge in [0, 0.05) is 6.04 Å². The van der Waals surface area contributed by atoms with Crippen molar-refractivity contribution in [2.24, 2.45) is 5.92 Å². The Labute approximate surface area is 229 Å². The van der Waals surface area contributed by atoms with Crippen LogP contribution < -0.4 is 5.32 Å². The van der Waals surface area contributed by atoms with Crippen molar-refractivity contribution in [1.82, 2.24) is 10.2 Å². The Morgan fingerprint density at radius 1 is 1.10 bits per heavy atom. The zero-order valence-electron chi connectivity index (χ0n) is 23.0. The smallest absolute Gasteiger partial charge is 0.465 e. The first-order chi connectivity index (χ1) is 18.8. The lowest BCUT2D eigenvalue weighted by atomic mass is 9.84. The van der Waals surface area contributed by atoms with E-state index in [1.54, 1.807) is 25.7 Å². The van der Waals surface area contributed by atoms with Gasteiger partial charge in [-0.25, -0.2) is 9.59 Å². The number of fused-ring (bicyclic) bond motifs is 1. The number of nitrogens with zero attached hydrogens (tertiary/aromatic N) is 1. The molecule has 2 aliphatic heterocycles. The van der Waals surface area contributed by atoms with Gasteiger partial charge in [0.2, 0.25) is 5.91 Å². The number of rotatable bonds is 11. The third kappa shape index (κ3) is 7.09. The van der Waals surface area contributed by atoms with Crippen LogP contribution in [0.2, 0.25) is 0 Å². The predicted molar refractivity (Wildman–Crippen MR) is 141 cm³/mol. The minimum atomic E-state index is -0.782. The van der Waals surface area contributed by atoms with E-state index < -0.39 is 48.4 Å². The molecule has 7 atom stereocenters. The van der Waals surface area contributed by atoms with E-state index in [9.17, 15) is 19.2 Å². The number of carbonyl (C=O) groups is 4. The molecule has 0 aromatic heterocycles. The maximum absolute atomic E-state index is 13.9. The van der Waals surface area contributed by atoms with Crippen LogP contribution in [-0.4, -0.2) is 78.5 Å². The molecule has 1 saturated carbocycles. The molecule has 3 aliphatic rings. The molecule has 214 valence electrons. The van der Waals surface area contributed by atoms with Gasteiger partial charge in [-0.2, -0.15) is 0 Å². The molecule has 10 nitrogen and oxygen atoms in total. The van der Waals surface area contributed by atoms with Crippen molar-refractivity contribution in [3.63, 3.8) is 0 Å². The van der Waals surface area contributed by atoms with E-state index >= 15 is 0 Å². The molecule has 2 unspecified atom stereocenters. The largest absolute Gasteiger partial charge is 0.509 e. The van der Waals surface area contributed by atoms with E-state index in [1.807, 2.05) is 30.3 Å². The molecular weight excluding hydrogens is 504 g/mol. The summed E-state index contributed by atoms with van der Waals surface area (Å²) in [7, 11) is 0. The summed E-state index contributed by atoms with van der Waals surface area (Å²) >= 11 is 0. The summed E-state index contributed by atoms with van der Waals surface area (Å²) in [5, 5.41) is 3.20. The fourth-order valence-electron chi connectivity index (χ4n) is 5.96. The molecule has 39 heavy (non-hydrogen) atoms. The van der Waals surface area contributed by atoms with E-state index in [2.05, 4.69) is 5.32 Å². The quantitative estimate of drug-likeness (QED) is 0.331. The van der Waals surface area contributed by atoms with Crippen LogP contribution in [-0.2, 0) is 39.8 Å². The number of likely N-dealkylation sites (tertiary alicyclic amines) is 1. The number of esters is 2. The lowest BCUT2D eigenvalue weighted by Gasteiger charge is -2.35. The Hall–Kier alpha value is -3.14. The van der Waals surface area contributed by atoms with Crippen LogP contribution in [0.15, 0.2) is 30.3 Å². The first kappa shape index (κ1) is 28.9. The highest BCUT2D eigenvalue weighted by molar-refractivity contribution is 5.89. The van der Waals surface area contributed by atoms with Crippen molar-refractivity contribution < 1.29 is 38.1 Å². The molecule has 0 radical (unpaired) electrons. The van der Waals surface area contributed by atoms with Gasteiger partial charge >= 0.3 is 18.1 Å². The molecule has 1 aromatic rings. The van der Waals surface area contributed by atoms with Crippen molar-refractivity contribution in [2.45, 2.75) is 102 Å². The van der Waals surface area contributed by atoms with E-state index in [0.717, 1.165) is 31.2 Å². The van der Waals surface area contributed by atoms with Gasteiger partial charge in [0.15, 0.2) is 6.10 Å². The molecule has 1 amide bonds. The summed E-state index contributed by atoms with van der Waals surface area (Å²) in [4.78, 5) is 53.0. The van der Waals surface area contributed by atoms with Gasteiger partial charge in [0.1, 0.15) is 24.8 Å². The normalized spacial score (nSPS) is 27.6. The Kier molecular flexibility index (Phi) is 9.83. The molecule has 2 heterocycles. The van der Waals surface area contributed by atoms with Crippen LogP contribution in [0.3, 0.4) is 0 Å². The van der Waals surface area contributed by atoms with Crippen LogP contribution >= 0.6 is 0 Å². The molecule has 1 N–H and O–H groups in total. The lowest BCUT2D eigenvalue weighted by Crippen LogP contribution is -2.56. The van der Waals surface area contributed by atoms with Gasteiger partial charge in [0.05, 0.1) is 12.6 Å². The maximum atomic E-state index is 13.9. The summed E-state index contributed by atoms with van der Waals surface area (Å²) in [6.45, 7) is 5.27. The highest BCUT2D eigenvalue weighted by Gasteiger charge is 2.49. The fraction of sp³-hybridized carbons (Fsp3) is 0.655. The minimum Gasteiger partial charge on any atom is -0.465 e. The molecule has 0 spiro atoms. The van der Waals surface area contributed by atoms with Gasteiger partial charge in [0.25, 0.3) is 0 Å². The van der Waals surface area contributed by atoms with Crippen LogP contribution in [0.4, 0.5) is 4.79 Å². The summed E-state index contributed by atoms with van der Waals surface area (Å²) in [6.07, 6.45) is 3.51. The van der Waals surface area contributed by atoms with Crippen LogP contribution in [0.25, 0.3) is 0 Å². The van der Waals surface area contributed by atoms with Gasteiger partial charge in [-0.3, -0.25) is 14.9 Å². The number of cyclic esters (lactones) is 2. The van der Waals surface area contributed by atoms with Crippen LogP contribution in [0, 0.1) is 5.92 Å². The zero-order chi connectivity index (χ0) is 27.9. The van der Waals surface area contributed by atoms with Gasteiger partial charge in [-0.05, 0) is 64.4 Å². The highest BCUT2D eigenvalue weighted by atomic mass is 16.8. The number of benzene rings is 1. The summed E-state index contributed by atoms with van der Waals surface area (Å²) < 4.78 is 20.9. The zero-order valence-corrected chi connectivity index (χ0v) is 23.0. The van der Waals surface area contributed by atoms with E-state index in [1.165, 1.54) is 0 Å². The number of ether oxygens (including phenoxy) is 4. The van der Waals surface area contributed by atoms with Gasteiger partial charge in [-0.15, -0.1) is 0 Å². The summed E-state index contributed by atoms with van der Waals surface area (Å²) in [5.41, 5.74) is 1.09. The van der Waals surface area contributed by atoms with Gasteiger partial charge in [-0.1, -0.05) is 43.2 Å². The topological polar surface area (TPSA) is 120 Å². The first-order valence-electron chi connectivity index (χ1n) is 14.1. The van der Waals surface area contributed by atoms with Crippen molar-refractivity contribution in [3.8, 4) is 0 Å². The third-order valence-electron chi connectivity index (χ3n) is 8.01. The third-order valence-corrected chi connectivity index (χ3v) is 8.01. The lowest BCUT2D eigenvalue weighted by molar-refractivity contribution is -0.158. The van der Waals surface area contributed by atoms with Gasteiger partial charge < -0.3 is 23.8 Å². The predicted octanol–water partition coefficient (Wildman–Crippen LogP) is 3.16. The summed E-state index contributed by atoms with van der Waals surface area (Å²) in [5.74, 6) is -0.920. The Bertz CT molecular complexity index is 1020. The number of aryl methyl sites for hydroxylation is 1. The van der Waals surface area contributed by atoms with Crippen molar-refractivity contribution in [2.75, 3.05) is 13.2 Å². The number of nitrogens with one attached hydrogen (secondary N) is 1. The molecular formula is C29H40N2O8. The Morgan fingerprint density at radius 3 is 2.54 bits per heavy atom. The van der Waals surface area contributed by atoms with E-state index in [0.29, 0.717) is 19.3 Å². The second-order valence-electron chi connectivity index (χ2n) is 10.7. The number of hydrogen-bond acceptors (Lipinski definition) is 9. The molecule has 2 saturated heterocycles. The number of hydrogen-bond donors (Lipinski definition) is 1. The van der Waals surface area contributed by atoms with Crippen molar-refractivity contribution in [3.05, 3.63) is 35.9 Å². The average Bonchev–Trinajstić information content (AvgIpc) is 3.48. The van der Waals surface area contributed by atoms with Crippen LogP contribution in [0.1, 0.15) is 64.9 Å². The molecule has 1 aromatic carbocycles. The highest BCUT2D eigenvalue weighted by Crippen LogP contribution is 2.40. The number of carbonyl (C=O) groups excluding carboxylic acids is 4. The van der Waals surface area contributed by atoms with E-state index in [4.69, 9.17) is 18.9 Å². The molecule has 10 heteroatoms. The average molecular weight is 545 g/mol. The Balaban J connectivity index is 1.44. The summed E-state index contributed by atoms with van der Waals surface area (Å²) in [6, 6.07) is 7.68. The minimum absolute atomic E-state index is 0.0509. The molecule has 1 aliphatic carbocycles. The van der Waals surface area contributed by atoms with Crippen LogP contribution in [0.5, 0.6) is 0 Å². The molecule has 4 rings (SSSR count). The standard InChI is InChI=1S/C29H40N2O8/c1-4-36-27(33)22(15-14-20-10-6-5-7-11-20)30-18(2)26(32)31-23-13-9-8-12-21(23)16-24(31)28(34)37-17-25-19(3)38-29(35)39-25/h5-7,10-11,18-19,21-25,30H,4,8-9,12-17H2,1-3H3/t18?,19?,21-,22+,23+,24+,25+/m1/s1. The SMILES string of the molecule is CCOC(=O)[C@H](CCc1ccccc1)NC(C)C(=O)N1[C@H](C(=O)OC[C@@H]2OC(=O)OC2C)C[C@H]2CCCC[C@@H]21. The first-order valence-corrected chi connectivity index (χ1v) is 14.1. The molecule has 0 bridgehead atoms. The molecule has 3 fully saturated rings. The fourth-order valence-corrected chi connectivity index (χ4v) is 5.96. The number of amides is 1. The van der Waals surface area contributed by atoms with E-state index in [-0.39, 0.29) is 31.1 Å². The second kappa shape index (κ2) is 13.3. The monoisotopic (exact) mass is 544 g/mol. The maximum Gasteiger partial charge on any atom is 0.509 e. The Morgan fingerprint density at radius 2 is 1.85 bits per heavy atom.